The van der Waals surface area contributed by atoms with E-state index in [1.807, 2.05) is 20.8 Å². The van der Waals surface area contributed by atoms with Crippen molar-refractivity contribution in [3.8, 4) is 0 Å². The number of hydrogen-bond donors (Lipinski definition) is 3. The highest BCUT2D eigenvalue weighted by Gasteiger charge is 2.56. The third-order valence-electron chi connectivity index (χ3n) is 9.41. The summed E-state index contributed by atoms with van der Waals surface area (Å²) < 4.78 is 65.3. The van der Waals surface area contributed by atoms with E-state index in [2.05, 4.69) is 10.6 Å². The van der Waals surface area contributed by atoms with Gasteiger partial charge in [-0.05, 0) is 91.2 Å². The number of primary amides is 1. The molecule has 15 nitrogen and oxygen atoms in total. The lowest BCUT2D eigenvalue weighted by Crippen LogP contribution is -2.54. The minimum Gasteiger partial charge on any atom is -0.438 e. The van der Waals surface area contributed by atoms with Gasteiger partial charge < -0.3 is 30.7 Å². The summed E-state index contributed by atoms with van der Waals surface area (Å²) in [5, 5.41) is 5.64. The summed E-state index contributed by atoms with van der Waals surface area (Å²) in [6.45, 7) is 16.2. The van der Waals surface area contributed by atoms with Crippen LogP contribution in [-0.2, 0) is 57.5 Å². The predicted octanol–water partition coefficient (Wildman–Crippen LogP) is 6.53. The number of halogens is 2. The molecule has 0 radical (unpaired) electrons. The minimum absolute atomic E-state index is 0.0940. The smallest absolute Gasteiger partial charge is 0.410 e. The van der Waals surface area contributed by atoms with Crippen molar-refractivity contribution < 1.29 is 60.6 Å². The highest BCUT2D eigenvalue weighted by Crippen LogP contribution is 2.67. The molecule has 2 rings (SSSR count). The van der Waals surface area contributed by atoms with E-state index in [0.29, 0.717) is 36.8 Å². The Morgan fingerprint density at radius 1 is 0.932 bits per heavy atom. The maximum atomic E-state index is 16.0. The lowest BCUT2D eigenvalue weighted by molar-refractivity contribution is -0.163. The number of benzene rings is 1. The Bertz CT molecular complexity index is 1720. The van der Waals surface area contributed by atoms with Crippen molar-refractivity contribution in [1.82, 2.24) is 15.5 Å². The van der Waals surface area contributed by atoms with Crippen LogP contribution in [0, 0.1) is 16.2 Å². The zero-order chi connectivity index (χ0) is 45.1. The Balaban J connectivity index is 2.30. The third-order valence-corrected chi connectivity index (χ3v) is 11.2. The van der Waals surface area contributed by atoms with Gasteiger partial charge in [-0.2, -0.15) is 8.78 Å². The van der Waals surface area contributed by atoms with Gasteiger partial charge in [-0.1, -0.05) is 57.9 Å². The van der Waals surface area contributed by atoms with E-state index < -0.39 is 90.4 Å². The van der Waals surface area contributed by atoms with Gasteiger partial charge in [0.2, 0.25) is 37.2 Å². The number of unbranched alkanes of at least 4 members (excludes halogenated alkanes) is 1. The Hall–Kier alpha value is -4.21. The topological polar surface area (TPSA) is 210 Å². The molecule has 18 heteroatoms. The highest BCUT2D eigenvalue weighted by atomic mass is 31.2. The molecule has 59 heavy (non-hydrogen) atoms. The van der Waals surface area contributed by atoms with Gasteiger partial charge in [0.25, 0.3) is 0 Å². The fourth-order valence-corrected chi connectivity index (χ4v) is 7.13. The number of hydrogen-bond acceptors (Lipinski definition) is 11. The van der Waals surface area contributed by atoms with E-state index in [4.69, 9.17) is 24.3 Å². The molecule has 1 fully saturated rings. The Morgan fingerprint density at radius 3 is 1.93 bits per heavy atom. The van der Waals surface area contributed by atoms with Crippen LogP contribution in [0.25, 0.3) is 5.57 Å². The van der Waals surface area contributed by atoms with Crippen molar-refractivity contribution >= 4 is 48.7 Å². The van der Waals surface area contributed by atoms with Crippen LogP contribution in [0.4, 0.5) is 8.78 Å². The zero-order valence-corrected chi connectivity index (χ0v) is 37.1. The number of carbonyl (C=O) groups is 6. The molecule has 1 saturated heterocycles. The number of carbonyl (C=O) groups excluding carboxylic acids is 6. The molecule has 4 amide bonds. The molecule has 1 aromatic carbocycles. The van der Waals surface area contributed by atoms with Crippen molar-refractivity contribution in [2.75, 3.05) is 20.1 Å². The maximum Gasteiger partial charge on any atom is 0.410 e. The standard InChI is InChI=1S/C41H63F2N4O11P/c1-12-13-14-30(35(51)47-23-40(10,11)22-31(47)34(50)45-27(3)15-20-32(44)48)46-33(49)21-26(2)28-16-18-29(19-17-28)41(42,43)59(54,57-24-55-36(52)38(4,5)6)58-25-56-37(53)39(7,8)9/h16-19,21,27,30-31H,12-15,20,22-25H2,1-11H3,(H2,44,48)(H,45,50)(H,46,49)/b26-21+. The molecule has 1 aromatic rings. The number of rotatable bonds is 20. The van der Waals surface area contributed by atoms with Crippen molar-refractivity contribution in [3.05, 3.63) is 41.5 Å². The molecule has 3 atom stereocenters. The average Bonchev–Trinajstić information content (AvgIpc) is 3.46. The van der Waals surface area contributed by atoms with Gasteiger partial charge in [0.05, 0.1) is 10.8 Å². The van der Waals surface area contributed by atoms with Gasteiger partial charge in [0.1, 0.15) is 12.1 Å². The summed E-state index contributed by atoms with van der Waals surface area (Å²) >= 11 is 0. The van der Waals surface area contributed by atoms with E-state index >= 15 is 8.78 Å². The summed E-state index contributed by atoms with van der Waals surface area (Å²) in [4.78, 5) is 77.9. The molecular formula is C41H63F2N4O11P. The molecule has 0 bridgehead atoms. The molecule has 0 aliphatic carbocycles. The van der Waals surface area contributed by atoms with E-state index in [1.165, 1.54) is 64.7 Å². The second-order valence-electron chi connectivity index (χ2n) is 17.8. The third kappa shape index (κ3) is 15.1. The summed E-state index contributed by atoms with van der Waals surface area (Å²) in [5.41, 5.74) is -1.68. The van der Waals surface area contributed by atoms with Gasteiger partial charge >= 0.3 is 25.2 Å². The molecule has 1 aliphatic rings. The zero-order valence-electron chi connectivity index (χ0n) is 36.2. The van der Waals surface area contributed by atoms with Gasteiger partial charge in [-0.25, -0.2) is 0 Å². The number of ether oxygens (including phenoxy) is 2. The van der Waals surface area contributed by atoms with Crippen LogP contribution in [0.1, 0.15) is 126 Å². The number of amides is 4. The number of alkyl halides is 2. The van der Waals surface area contributed by atoms with E-state index in [0.717, 1.165) is 18.6 Å². The number of esters is 2. The second kappa shape index (κ2) is 20.9. The van der Waals surface area contributed by atoms with Crippen LogP contribution >= 0.6 is 7.60 Å². The normalized spacial score (nSPS) is 17.1. The molecule has 4 N–H and O–H groups in total. The maximum absolute atomic E-state index is 16.0. The molecule has 0 saturated carbocycles. The molecule has 0 spiro atoms. The van der Waals surface area contributed by atoms with Crippen LogP contribution in [0.2, 0.25) is 0 Å². The predicted molar refractivity (Wildman–Crippen MR) is 216 cm³/mol. The first-order valence-electron chi connectivity index (χ1n) is 19.6. The Kier molecular flexibility index (Phi) is 18.0. The number of likely N-dealkylation sites (tertiary alicyclic amines) is 1. The molecule has 3 unspecified atom stereocenters. The Morgan fingerprint density at radius 2 is 1.46 bits per heavy atom. The van der Waals surface area contributed by atoms with Gasteiger partial charge in [0, 0.05) is 30.6 Å². The van der Waals surface area contributed by atoms with Crippen molar-refractivity contribution in [3.63, 3.8) is 0 Å². The van der Waals surface area contributed by atoms with Crippen LogP contribution in [0.3, 0.4) is 0 Å². The summed E-state index contributed by atoms with van der Waals surface area (Å²) in [7, 11) is -5.54. The van der Waals surface area contributed by atoms with Crippen molar-refractivity contribution in [2.24, 2.45) is 22.0 Å². The van der Waals surface area contributed by atoms with Crippen LogP contribution in [-0.4, -0.2) is 78.7 Å². The van der Waals surface area contributed by atoms with E-state index in [1.54, 1.807) is 13.8 Å². The largest absolute Gasteiger partial charge is 0.438 e. The van der Waals surface area contributed by atoms with E-state index in [9.17, 15) is 33.3 Å². The number of allylic oxidation sites excluding steroid dienone is 1. The first kappa shape index (κ1) is 50.9. The number of nitrogens with one attached hydrogen (secondary N) is 2. The average molecular weight is 857 g/mol. The van der Waals surface area contributed by atoms with Crippen LogP contribution in [0.15, 0.2) is 30.3 Å². The van der Waals surface area contributed by atoms with Crippen molar-refractivity contribution in [2.45, 2.75) is 138 Å². The van der Waals surface area contributed by atoms with E-state index in [-0.39, 0.29) is 24.9 Å². The summed E-state index contributed by atoms with van der Waals surface area (Å²) in [5.74, 6) is -3.55. The lowest BCUT2D eigenvalue weighted by Gasteiger charge is -2.29. The summed E-state index contributed by atoms with van der Waals surface area (Å²) in [6, 6.07) is 2.29. The number of nitrogens with zero attached hydrogens (tertiary/aromatic N) is 1. The molecule has 1 heterocycles. The molecular weight excluding hydrogens is 793 g/mol. The first-order chi connectivity index (χ1) is 27.0. The van der Waals surface area contributed by atoms with Gasteiger partial charge in [-0.15, -0.1) is 0 Å². The van der Waals surface area contributed by atoms with Crippen molar-refractivity contribution in [1.29, 1.82) is 0 Å². The highest BCUT2D eigenvalue weighted by molar-refractivity contribution is 7.54. The first-order valence-corrected chi connectivity index (χ1v) is 21.2. The number of nitrogens with two attached hydrogens (primary N) is 1. The SMILES string of the molecule is CCCCC(NC(=O)/C=C(\C)c1ccc(C(F)(F)P(=O)(OCOC(=O)C(C)(C)C)OCOC(=O)C(C)(C)C)cc1)C(=O)N1CC(C)(C)CC1C(=O)NC(C)CCC(N)=O. The Labute approximate surface area is 346 Å². The fraction of sp³-hybridized carbons (Fsp3) is 0.659. The summed E-state index contributed by atoms with van der Waals surface area (Å²) in [6.07, 6.45) is 3.66. The van der Waals surface area contributed by atoms with Gasteiger partial charge in [-0.3, -0.25) is 42.4 Å². The van der Waals surface area contributed by atoms with Crippen LogP contribution in [0.5, 0.6) is 0 Å². The fourth-order valence-electron chi connectivity index (χ4n) is 5.89. The second-order valence-corrected chi connectivity index (χ2v) is 19.8. The minimum atomic E-state index is -5.54. The molecule has 332 valence electrons. The quantitative estimate of drug-likeness (QED) is 0.0556. The monoisotopic (exact) mass is 856 g/mol. The lowest BCUT2D eigenvalue weighted by atomic mass is 9.90. The molecule has 0 aromatic heterocycles. The molecule has 1 aliphatic heterocycles. The van der Waals surface area contributed by atoms with Crippen LogP contribution < -0.4 is 16.4 Å². The van der Waals surface area contributed by atoms with Gasteiger partial charge in [0.15, 0.2) is 0 Å².